The van der Waals surface area contributed by atoms with Gasteiger partial charge in [0.25, 0.3) is 0 Å². The van der Waals surface area contributed by atoms with Crippen molar-refractivity contribution in [2.24, 2.45) is 4.99 Å². The van der Waals surface area contributed by atoms with Gasteiger partial charge in [0, 0.05) is 26.2 Å². The molecule has 1 fully saturated rings. The highest BCUT2D eigenvalue weighted by molar-refractivity contribution is 5.79. The third kappa shape index (κ3) is 7.15. The summed E-state index contributed by atoms with van der Waals surface area (Å²) in [5, 5.41) is 6.81. The number of nitrogens with one attached hydrogen (secondary N) is 2. The molecule has 1 aliphatic heterocycles. The van der Waals surface area contributed by atoms with E-state index in [4.69, 9.17) is 9.73 Å². The number of aliphatic imine (C=N–C) groups is 1. The van der Waals surface area contributed by atoms with Crippen molar-refractivity contribution in [1.29, 1.82) is 0 Å². The van der Waals surface area contributed by atoms with Crippen LogP contribution in [0.5, 0.6) is 0 Å². The average Bonchev–Trinajstić information content (AvgIpc) is 3.29. The molecule has 3 rings (SSSR count). The van der Waals surface area contributed by atoms with Crippen molar-refractivity contribution in [3.8, 4) is 0 Å². The number of rotatable bonds is 10. The van der Waals surface area contributed by atoms with Crippen LogP contribution in [0, 0.1) is 0 Å². The largest absolute Gasteiger partial charge is 0.377 e. The van der Waals surface area contributed by atoms with Crippen molar-refractivity contribution in [3.05, 3.63) is 70.8 Å². The first kappa shape index (κ1) is 22.3. The Balaban J connectivity index is 1.55. The topological polar surface area (TPSA) is 48.9 Å². The van der Waals surface area contributed by atoms with Crippen LogP contribution in [-0.4, -0.2) is 37.1 Å². The van der Waals surface area contributed by atoms with Crippen molar-refractivity contribution in [2.45, 2.75) is 52.9 Å². The number of guanidine groups is 1. The predicted octanol–water partition coefficient (Wildman–Crippen LogP) is 4.07. The van der Waals surface area contributed by atoms with Crippen LogP contribution in [-0.2, 0) is 31.0 Å². The van der Waals surface area contributed by atoms with E-state index in [0.29, 0.717) is 13.2 Å². The van der Waals surface area contributed by atoms with Crippen LogP contribution in [0.1, 0.15) is 48.9 Å². The number of nitrogens with zero attached hydrogens (tertiary/aromatic N) is 2. The Bertz CT molecular complexity index is 782. The number of likely N-dealkylation sites (tertiary alicyclic amines) is 1. The molecular weight excluding hydrogens is 372 g/mol. The molecule has 1 heterocycles. The van der Waals surface area contributed by atoms with Crippen molar-refractivity contribution in [1.82, 2.24) is 15.5 Å². The van der Waals surface area contributed by atoms with Crippen LogP contribution in [0.15, 0.2) is 53.5 Å². The highest BCUT2D eigenvalue weighted by Gasteiger charge is 2.11. The Morgan fingerprint density at radius 2 is 1.63 bits per heavy atom. The fourth-order valence-electron chi connectivity index (χ4n) is 3.72. The van der Waals surface area contributed by atoms with Gasteiger partial charge in [-0.1, -0.05) is 48.5 Å². The Kier molecular flexibility index (Phi) is 9.19. The van der Waals surface area contributed by atoms with Crippen molar-refractivity contribution < 1.29 is 4.74 Å². The number of hydrogen-bond acceptors (Lipinski definition) is 3. The third-order valence-electron chi connectivity index (χ3n) is 5.42. The molecule has 5 nitrogen and oxygen atoms in total. The summed E-state index contributed by atoms with van der Waals surface area (Å²) < 4.78 is 5.59. The molecule has 0 aromatic heterocycles. The molecular formula is C25H36N4O. The average molecular weight is 409 g/mol. The van der Waals surface area contributed by atoms with Gasteiger partial charge in [0.15, 0.2) is 5.96 Å². The number of ether oxygens (including phenoxy) is 1. The van der Waals surface area contributed by atoms with E-state index in [2.05, 4.69) is 71.0 Å². The summed E-state index contributed by atoms with van der Waals surface area (Å²) in [5.74, 6) is 0.838. The van der Waals surface area contributed by atoms with Gasteiger partial charge >= 0.3 is 0 Å². The van der Waals surface area contributed by atoms with Crippen molar-refractivity contribution in [2.75, 3.05) is 26.2 Å². The summed E-state index contributed by atoms with van der Waals surface area (Å²) in [6.07, 6.45) is 2.67. The second-order valence-electron chi connectivity index (χ2n) is 7.75. The van der Waals surface area contributed by atoms with Gasteiger partial charge in [-0.05, 0) is 62.0 Å². The van der Waals surface area contributed by atoms with E-state index in [1.54, 1.807) is 0 Å². The van der Waals surface area contributed by atoms with E-state index >= 15 is 0 Å². The van der Waals surface area contributed by atoms with Crippen molar-refractivity contribution >= 4 is 5.96 Å². The summed E-state index contributed by atoms with van der Waals surface area (Å²) in [6.45, 7) is 11.2. The Morgan fingerprint density at radius 3 is 2.33 bits per heavy atom. The van der Waals surface area contributed by atoms with Gasteiger partial charge in [-0.15, -0.1) is 0 Å². The molecule has 0 saturated carbocycles. The molecule has 0 bridgehead atoms. The first-order valence-corrected chi connectivity index (χ1v) is 11.3. The quantitative estimate of drug-likeness (QED) is 0.460. The van der Waals surface area contributed by atoms with Crippen LogP contribution >= 0.6 is 0 Å². The fraction of sp³-hybridized carbons (Fsp3) is 0.480. The van der Waals surface area contributed by atoms with Gasteiger partial charge < -0.3 is 15.4 Å². The zero-order valence-corrected chi connectivity index (χ0v) is 18.5. The standard InChI is InChI=1S/C25H36N4O/c1-3-26-25(28-18-23-9-5-6-10-24(23)20-30-4-2)27-17-21-11-13-22(14-12-21)19-29-15-7-8-16-29/h5-6,9-14H,3-4,7-8,15-20H2,1-2H3,(H2,26,27,28). The molecule has 0 atom stereocenters. The minimum Gasteiger partial charge on any atom is -0.377 e. The van der Waals surface area contributed by atoms with Gasteiger partial charge in [-0.3, -0.25) is 4.90 Å². The van der Waals surface area contributed by atoms with E-state index in [1.807, 2.05) is 6.92 Å². The van der Waals surface area contributed by atoms with Crippen LogP contribution in [0.4, 0.5) is 0 Å². The number of hydrogen-bond donors (Lipinski definition) is 2. The van der Waals surface area contributed by atoms with Gasteiger partial charge in [0.2, 0.25) is 0 Å². The normalized spacial score (nSPS) is 14.8. The van der Waals surface area contributed by atoms with Gasteiger partial charge in [-0.2, -0.15) is 0 Å². The lowest BCUT2D eigenvalue weighted by Gasteiger charge is -2.15. The molecule has 2 aromatic rings. The second-order valence-corrected chi connectivity index (χ2v) is 7.75. The maximum absolute atomic E-state index is 5.59. The molecule has 2 aromatic carbocycles. The lowest BCUT2D eigenvalue weighted by Crippen LogP contribution is -2.37. The lowest BCUT2D eigenvalue weighted by molar-refractivity contribution is 0.133. The van der Waals surface area contributed by atoms with Crippen LogP contribution < -0.4 is 10.6 Å². The highest BCUT2D eigenvalue weighted by atomic mass is 16.5. The Hall–Kier alpha value is -2.37. The van der Waals surface area contributed by atoms with E-state index in [-0.39, 0.29) is 0 Å². The van der Waals surface area contributed by atoms with Gasteiger partial charge in [0.1, 0.15) is 0 Å². The van der Waals surface area contributed by atoms with Crippen LogP contribution in [0.2, 0.25) is 0 Å². The molecule has 0 unspecified atom stereocenters. The zero-order chi connectivity index (χ0) is 21.0. The molecule has 0 amide bonds. The zero-order valence-electron chi connectivity index (χ0n) is 18.5. The molecule has 1 saturated heterocycles. The van der Waals surface area contributed by atoms with Gasteiger partial charge in [-0.25, -0.2) is 4.99 Å². The molecule has 1 aliphatic rings. The first-order valence-electron chi connectivity index (χ1n) is 11.3. The van der Waals surface area contributed by atoms with Gasteiger partial charge in [0.05, 0.1) is 13.2 Å². The lowest BCUT2D eigenvalue weighted by atomic mass is 10.1. The molecule has 0 aliphatic carbocycles. The predicted molar refractivity (Wildman–Crippen MR) is 124 cm³/mol. The second kappa shape index (κ2) is 12.4. The maximum Gasteiger partial charge on any atom is 0.191 e. The molecule has 5 heteroatoms. The summed E-state index contributed by atoms with van der Waals surface area (Å²) in [5.41, 5.74) is 5.08. The Morgan fingerprint density at radius 1 is 0.933 bits per heavy atom. The monoisotopic (exact) mass is 408 g/mol. The van der Waals surface area contributed by atoms with Crippen LogP contribution in [0.3, 0.4) is 0 Å². The molecule has 0 radical (unpaired) electrons. The van der Waals surface area contributed by atoms with E-state index in [0.717, 1.165) is 32.2 Å². The molecule has 30 heavy (non-hydrogen) atoms. The SMILES string of the molecule is CCNC(=NCc1ccc(CN2CCCC2)cc1)NCc1ccccc1COCC. The minimum absolute atomic E-state index is 0.645. The smallest absolute Gasteiger partial charge is 0.191 e. The molecule has 162 valence electrons. The summed E-state index contributed by atoms with van der Waals surface area (Å²) in [4.78, 5) is 7.31. The van der Waals surface area contributed by atoms with E-state index in [9.17, 15) is 0 Å². The highest BCUT2D eigenvalue weighted by Crippen LogP contribution is 2.14. The molecule has 2 N–H and O–H groups in total. The summed E-state index contributed by atoms with van der Waals surface area (Å²) >= 11 is 0. The molecule has 0 spiro atoms. The fourth-order valence-corrected chi connectivity index (χ4v) is 3.72. The van der Waals surface area contributed by atoms with Crippen molar-refractivity contribution in [3.63, 3.8) is 0 Å². The number of benzene rings is 2. The summed E-state index contributed by atoms with van der Waals surface area (Å²) in [6, 6.07) is 17.3. The first-order chi connectivity index (χ1) is 14.8. The minimum atomic E-state index is 0.645. The Labute approximate surface area is 181 Å². The van der Waals surface area contributed by atoms with E-state index in [1.165, 1.54) is 48.2 Å². The maximum atomic E-state index is 5.59. The van der Waals surface area contributed by atoms with Crippen LogP contribution in [0.25, 0.3) is 0 Å². The van der Waals surface area contributed by atoms with E-state index < -0.39 is 0 Å². The summed E-state index contributed by atoms with van der Waals surface area (Å²) in [7, 11) is 0. The third-order valence-corrected chi connectivity index (χ3v) is 5.42.